The van der Waals surface area contributed by atoms with Crippen LogP contribution in [0.1, 0.15) is 16.7 Å². The molecule has 1 aliphatic carbocycles. The maximum Gasteiger partial charge on any atom is 0.217 e. The minimum absolute atomic E-state index is 0.677. The molecule has 9 aromatic carbocycles. The molecule has 0 N–H and O–H groups in total. The van der Waals surface area contributed by atoms with Crippen LogP contribution in [0.3, 0.4) is 0 Å². The van der Waals surface area contributed by atoms with Gasteiger partial charge in [-0.25, -0.2) is 4.98 Å². The number of benzene rings is 9. The first-order chi connectivity index (χ1) is 30.3. The lowest BCUT2D eigenvalue weighted by atomic mass is 9.77. The van der Waals surface area contributed by atoms with Gasteiger partial charge in [0.25, 0.3) is 0 Å². The molecule has 0 saturated heterocycles. The normalized spacial score (nSPS) is 13.7. The number of rotatable bonds is 3. The van der Waals surface area contributed by atoms with Crippen molar-refractivity contribution in [2.45, 2.75) is 5.54 Å². The van der Waals surface area contributed by atoms with Gasteiger partial charge in [0.15, 0.2) is 0 Å². The van der Waals surface area contributed by atoms with Crippen LogP contribution in [0, 0.1) is 0 Å². The van der Waals surface area contributed by atoms with Crippen LogP contribution in [0.25, 0.3) is 77.1 Å². The maximum absolute atomic E-state index is 5.54. The second-order valence-electron chi connectivity index (χ2n) is 16.3. The van der Waals surface area contributed by atoms with E-state index in [0.29, 0.717) is 0 Å². The average Bonchev–Trinajstić information content (AvgIpc) is 4.05. The Morgan fingerprint density at radius 2 is 0.852 bits per heavy atom. The summed E-state index contributed by atoms with van der Waals surface area (Å²) in [4.78, 5) is 7.92. The van der Waals surface area contributed by atoms with Crippen LogP contribution in [0.15, 0.2) is 212 Å². The standard InChI is InChI=1S/C56H35N5/c1-3-17-36(18-4-1)58-49-28-14-9-23-41(49)43-35-53-44(34-52(43)58)42-24-10-15-29-50(42)59(53)38-31-32-47-54(33-38)60(37-19-5-2-6-20-37)55-57-48-27-13-16-30-51(48)61(55)56(47)45-25-11-7-21-39(45)40-22-8-12-26-46(40)56/h1-35H. The SMILES string of the molecule is c1ccc(N2c3cc(-n4c5ccccc5c5cc6c(cc54)c4ccccc4n6-c4ccccc4)ccc3C3(c4ccccc4-c4ccccc43)n3c2nc2ccccc23)cc1. The minimum atomic E-state index is -0.677. The maximum atomic E-state index is 5.54. The molecule has 61 heavy (non-hydrogen) atoms. The topological polar surface area (TPSA) is 30.9 Å². The third-order valence-electron chi connectivity index (χ3n) is 13.4. The Kier molecular flexibility index (Phi) is 6.43. The van der Waals surface area contributed by atoms with Crippen LogP contribution in [0.2, 0.25) is 0 Å². The number of fused-ring (bicyclic) bond motifs is 17. The molecular formula is C56H35N5. The van der Waals surface area contributed by atoms with Crippen molar-refractivity contribution in [2.24, 2.45) is 0 Å². The van der Waals surface area contributed by atoms with E-state index in [1.165, 1.54) is 71.4 Å². The predicted octanol–water partition coefficient (Wildman–Crippen LogP) is 13.8. The Morgan fingerprint density at radius 1 is 0.344 bits per heavy atom. The van der Waals surface area contributed by atoms with Gasteiger partial charge in [0, 0.05) is 44.2 Å². The molecule has 5 nitrogen and oxygen atoms in total. The molecule has 0 amide bonds. The molecule has 1 aliphatic heterocycles. The van der Waals surface area contributed by atoms with E-state index in [0.717, 1.165) is 39.7 Å². The second kappa shape index (κ2) is 12.0. The zero-order valence-electron chi connectivity index (χ0n) is 32.9. The summed E-state index contributed by atoms with van der Waals surface area (Å²) in [5.74, 6) is 0.890. The van der Waals surface area contributed by atoms with Crippen molar-refractivity contribution in [3.63, 3.8) is 0 Å². The predicted molar refractivity (Wildman–Crippen MR) is 250 cm³/mol. The van der Waals surface area contributed by atoms with E-state index in [1.54, 1.807) is 0 Å². The summed E-state index contributed by atoms with van der Waals surface area (Å²) in [5.41, 5.74) is 16.8. The third-order valence-corrected chi connectivity index (χ3v) is 13.4. The highest BCUT2D eigenvalue weighted by atomic mass is 15.4. The quantitative estimate of drug-likeness (QED) is 0.179. The van der Waals surface area contributed by atoms with E-state index in [9.17, 15) is 0 Å². The molecule has 0 bridgehead atoms. The molecule has 0 atom stereocenters. The van der Waals surface area contributed by atoms with Crippen LogP contribution in [-0.2, 0) is 5.54 Å². The number of anilines is 3. The molecule has 1 spiro atoms. The van der Waals surface area contributed by atoms with Gasteiger partial charge in [0.1, 0.15) is 5.54 Å². The van der Waals surface area contributed by atoms with Gasteiger partial charge in [-0.05, 0) is 95.1 Å². The second-order valence-corrected chi connectivity index (χ2v) is 16.3. The van der Waals surface area contributed by atoms with Crippen LogP contribution in [0.4, 0.5) is 17.3 Å². The van der Waals surface area contributed by atoms with Gasteiger partial charge in [-0.2, -0.15) is 0 Å². The molecule has 0 radical (unpaired) electrons. The first-order valence-corrected chi connectivity index (χ1v) is 21.0. The Hall–Kier alpha value is -8.15. The van der Waals surface area contributed by atoms with Crippen molar-refractivity contribution in [1.82, 2.24) is 18.7 Å². The highest BCUT2D eigenvalue weighted by molar-refractivity contribution is 6.19. The molecule has 0 fully saturated rings. The van der Waals surface area contributed by atoms with Crippen LogP contribution in [0.5, 0.6) is 0 Å². The van der Waals surface area contributed by atoms with Crippen molar-refractivity contribution in [3.8, 4) is 22.5 Å². The Bertz CT molecular complexity index is 3730. The molecule has 12 aromatic rings. The fraction of sp³-hybridized carbons (Fsp3) is 0.0179. The summed E-state index contributed by atoms with van der Waals surface area (Å²) < 4.78 is 7.40. The molecule has 0 unspecified atom stereocenters. The minimum Gasteiger partial charge on any atom is -0.309 e. The van der Waals surface area contributed by atoms with Crippen molar-refractivity contribution >= 4 is 72.0 Å². The highest BCUT2D eigenvalue weighted by Gasteiger charge is 2.53. The lowest BCUT2D eigenvalue weighted by molar-refractivity contribution is 0.533. The van der Waals surface area contributed by atoms with Gasteiger partial charge in [-0.1, -0.05) is 140 Å². The molecular weight excluding hydrogens is 743 g/mol. The molecule has 4 heterocycles. The fourth-order valence-corrected chi connectivity index (χ4v) is 11.0. The van der Waals surface area contributed by atoms with Crippen molar-refractivity contribution in [2.75, 3.05) is 4.90 Å². The number of nitrogens with zero attached hydrogens (tertiary/aromatic N) is 5. The monoisotopic (exact) mass is 777 g/mol. The molecule has 0 saturated carbocycles. The van der Waals surface area contributed by atoms with Crippen LogP contribution < -0.4 is 4.90 Å². The van der Waals surface area contributed by atoms with Gasteiger partial charge in [0.05, 0.1) is 38.8 Å². The Balaban J connectivity index is 1.11. The van der Waals surface area contributed by atoms with Gasteiger partial charge >= 0.3 is 0 Å². The summed E-state index contributed by atoms with van der Waals surface area (Å²) in [6, 6.07) is 77.7. The van der Waals surface area contributed by atoms with Gasteiger partial charge in [-0.15, -0.1) is 0 Å². The summed E-state index contributed by atoms with van der Waals surface area (Å²) in [7, 11) is 0. The summed E-state index contributed by atoms with van der Waals surface area (Å²) in [6.45, 7) is 0. The summed E-state index contributed by atoms with van der Waals surface area (Å²) in [5, 5.41) is 4.91. The Morgan fingerprint density at radius 3 is 1.49 bits per heavy atom. The zero-order valence-corrected chi connectivity index (χ0v) is 32.9. The molecule has 284 valence electrons. The number of hydrogen-bond acceptors (Lipinski definition) is 2. The van der Waals surface area contributed by atoms with E-state index in [2.05, 4.69) is 231 Å². The molecule has 14 rings (SSSR count). The lowest BCUT2D eigenvalue weighted by Gasteiger charge is -2.44. The van der Waals surface area contributed by atoms with Gasteiger partial charge in [0.2, 0.25) is 5.95 Å². The summed E-state index contributed by atoms with van der Waals surface area (Å²) >= 11 is 0. The average molecular weight is 778 g/mol. The first kappa shape index (κ1) is 32.8. The van der Waals surface area contributed by atoms with E-state index < -0.39 is 5.54 Å². The number of hydrogen-bond donors (Lipinski definition) is 0. The van der Waals surface area contributed by atoms with Gasteiger partial charge in [-0.3, -0.25) is 9.47 Å². The van der Waals surface area contributed by atoms with E-state index in [4.69, 9.17) is 4.98 Å². The number of aromatic nitrogens is 4. The number of para-hydroxylation sites is 6. The Labute approximate surface area is 351 Å². The molecule has 5 heteroatoms. The molecule has 2 aliphatic rings. The van der Waals surface area contributed by atoms with E-state index in [1.807, 2.05) is 0 Å². The van der Waals surface area contributed by atoms with E-state index in [-0.39, 0.29) is 0 Å². The van der Waals surface area contributed by atoms with Crippen molar-refractivity contribution < 1.29 is 0 Å². The van der Waals surface area contributed by atoms with Crippen molar-refractivity contribution in [3.05, 3.63) is 229 Å². The van der Waals surface area contributed by atoms with E-state index >= 15 is 0 Å². The zero-order chi connectivity index (χ0) is 39.8. The fourth-order valence-electron chi connectivity index (χ4n) is 11.0. The highest BCUT2D eigenvalue weighted by Crippen LogP contribution is 2.61. The van der Waals surface area contributed by atoms with Crippen LogP contribution >= 0.6 is 0 Å². The first-order valence-electron chi connectivity index (χ1n) is 21.0. The summed E-state index contributed by atoms with van der Waals surface area (Å²) in [6.07, 6.45) is 0. The van der Waals surface area contributed by atoms with Crippen LogP contribution in [-0.4, -0.2) is 18.7 Å². The van der Waals surface area contributed by atoms with Crippen molar-refractivity contribution in [1.29, 1.82) is 0 Å². The van der Waals surface area contributed by atoms with Gasteiger partial charge < -0.3 is 9.13 Å². The molecule has 3 aromatic heterocycles. The lowest BCUT2D eigenvalue weighted by Crippen LogP contribution is -2.42. The third kappa shape index (κ3) is 4.17. The smallest absolute Gasteiger partial charge is 0.217 e. The largest absolute Gasteiger partial charge is 0.309 e. The number of imidazole rings is 1.